The maximum absolute atomic E-state index is 12.3. The molecule has 0 radical (unpaired) electrons. The van der Waals surface area contributed by atoms with Crippen molar-refractivity contribution in [2.45, 2.75) is 37.6 Å². The fourth-order valence-electron chi connectivity index (χ4n) is 2.49. The Morgan fingerprint density at radius 3 is 2.44 bits per heavy atom. The molecule has 0 aromatic heterocycles. The molecular formula is C20H21NO5S. The molecule has 0 unspecified atom stereocenters. The SMILES string of the molecule is Cc1ccc(C(=O)COC(=O)c2cccc(S(=O)(=O)NC3CC3)c2)cc1C. The maximum atomic E-state index is 12.3. The van der Waals surface area contributed by atoms with E-state index in [2.05, 4.69) is 4.72 Å². The minimum atomic E-state index is -3.66. The zero-order valence-electron chi connectivity index (χ0n) is 15.2. The molecule has 27 heavy (non-hydrogen) atoms. The highest BCUT2D eigenvalue weighted by Crippen LogP contribution is 2.22. The third-order valence-electron chi connectivity index (χ3n) is 4.44. The molecular weight excluding hydrogens is 366 g/mol. The molecule has 2 aromatic carbocycles. The Hall–Kier alpha value is -2.51. The van der Waals surface area contributed by atoms with Crippen molar-refractivity contribution in [2.75, 3.05) is 6.61 Å². The molecule has 142 valence electrons. The Balaban J connectivity index is 1.66. The van der Waals surface area contributed by atoms with E-state index in [0.717, 1.165) is 24.0 Å². The van der Waals surface area contributed by atoms with Crippen molar-refractivity contribution in [3.8, 4) is 0 Å². The number of carbonyl (C=O) groups excluding carboxylic acids is 2. The number of sulfonamides is 1. The molecule has 2 aromatic rings. The number of hydrogen-bond acceptors (Lipinski definition) is 5. The summed E-state index contributed by atoms with van der Waals surface area (Å²) in [6.45, 7) is 3.45. The number of esters is 1. The number of hydrogen-bond donors (Lipinski definition) is 1. The molecule has 7 heteroatoms. The summed E-state index contributed by atoms with van der Waals surface area (Å²) in [5.41, 5.74) is 2.60. The van der Waals surface area contributed by atoms with Crippen molar-refractivity contribution in [2.24, 2.45) is 0 Å². The van der Waals surface area contributed by atoms with Gasteiger partial charge in [-0.15, -0.1) is 0 Å². The molecule has 0 heterocycles. The van der Waals surface area contributed by atoms with Crippen LogP contribution in [0.5, 0.6) is 0 Å². The first-order chi connectivity index (χ1) is 12.8. The van der Waals surface area contributed by atoms with E-state index < -0.39 is 22.6 Å². The number of rotatable bonds is 7. The van der Waals surface area contributed by atoms with Gasteiger partial charge in [0.15, 0.2) is 12.4 Å². The topological polar surface area (TPSA) is 89.5 Å². The van der Waals surface area contributed by atoms with Crippen LogP contribution in [0.4, 0.5) is 0 Å². The lowest BCUT2D eigenvalue weighted by molar-refractivity contribution is 0.0474. The molecule has 0 spiro atoms. The van der Waals surface area contributed by atoms with Gasteiger partial charge in [-0.25, -0.2) is 17.9 Å². The second-order valence-electron chi connectivity index (χ2n) is 6.72. The summed E-state index contributed by atoms with van der Waals surface area (Å²) in [6, 6.07) is 10.9. The average Bonchev–Trinajstić information content (AvgIpc) is 3.45. The van der Waals surface area contributed by atoms with Crippen LogP contribution in [0.3, 0.4) is 0 Å². The van der Waals surface area contributed by atoms with Crippen molar-refractivity contribution in [3.05, 3.63) is 64.7 Å². The van der Waals surface area contributed by atoms with E-state index in [4.69, 9.17) is 4.74 Å². The lowest BCUT2D eigenvalue weighted by atomic mass is 10.0. The fraction of sp³-hybridized carbons (Fsp3) is 0.300. The minimum absolute atomic E-state index is 0.00401. The van der Waals surface area contributed by atoms with Crippen LogP contribution in [0.25, 0.3) is 0 Å². The molecule has 1 fully saturated rings. The number of ketones is 1. The van der Waals surface area contributed by atoms with Crippen LogP contribution in [-0.4, -0.2) is 32.8 Å². The van der Waals surface area contributed by atoms with Gasteiger partial charge in [-0.2, -0.15) is 0 Å². The number of benzene rings is 2. The first-order valence-corrected chi connectivity index (χ1v) is 10.1. The van der Waals surface area contributed by atoms with Crippen molar-refractivity contribution in [1.29, 1.82) is 0 Å². The molecule has 1 aliphatic carbocycles. The Morgan fingerprint density at radius 2 is 1.78 bits per heavy atom. The van der Waals surface area contributed by atoms with E-state index in [0.29, 0.717) is 5.56 Å². The van der Waals surface area contributed by atoms with Crippen LogP contribution in [0.1, 0.15) is 44.7 Å². The van der Waals surface area contributed by atoms with Gasteiger partial charge in [0.2, 0.25) is 10.0 Å². The third-order valence-corrected chi connectivity index (χ3v) is 5.96. The zero-order valence-corrected chi connectivity index (χ0v) is 16.0. The number of Topliss-reactive ketones (excluding diaryl/α,β-unsaturated/α-hetero) is 1. The van der Waals surface area contributed by atoms with E-state index in [1.54, 1.807) is 12.1 Å². The highest BCUT2D eigenvalue weighted by molar-refractivity contribution is 7.89. The normalized spacial score (nSPS) is 14.0. The van der Waals surface area contributed by atoms with E-state index in [-0.39, 0.29) is 22.3 Å². The van der Waals surface area contributed by atoms with Gasteiger partial charge >= 0.3 is 5.97 Å². The lowest BCUT2D eigenvalue weighted by Gasteiger charge is -2.08. The van der Waals surface area contributed by atoms with Crippen LogP contribution in [0, 0.1) is 13.8 Å². The summed E-state index contributed by atoms with van der Waals surface area (Å²) in [5, 5.41) is 0. The van der Waals surface area contributed by atoms with Crippen molar-refractivity contribution in [3.63, 3.8) is 0 Å². The summed E-state index contributed by atoms with van der Waals surface area (Å²) < 4.78 is 32.1. The van der Waals surface area contributed by atoms with E-state index >= 15 is 0 Å². The first-order valence-electron chi connectivity index (χ1n) is 8.66. The molecule has 1 N–H and O–H groups in total. The van der Waals surface area contributed by atoms with Gasteiger partial charge in [-0.3, -0.25) is 4.79 Å². The average molecular weight is 387 g/mol. The lowest BCUT2D eigenvalue weighted by Crippen LogP contribution is -2.26. The zero-order chi connectivity index (χ0) is 19.6. The Morgan fingerprint density at radius 1 is 1.04 bits per heavy atom. The summed E-state index contributed by atoms with van der Waals surface area (Å²) in [5.74, 6) is -1.05. The van der Waals surface area contributed by atoms with E-state index in [9.17, 15) is 18.0 Å². The summed E-state index contributed by atoms with van der Waals surface area (Å²) >= 11 is 0. The second kappa shape index (κ2) is 7.62. The third kappa shape index (κ3) is 4.81. The van der Waals surface area contributed by atoms with Crippen LogP contribution < -0.4 is 4.72 Å². The standard InChI is InChI=1S/C20H21NO5S/c1-13-6-7-15(10-14(13)2)19(22)12-26-20(23)16-4-3-5-18(11-16)27(24,25)21-17-8-9-17/h3-7,10-11,17,21H,8-9,12H2,1-2H3. The molecule has 6 nitrogen and oxygen atoms in total. The smallest absolute Gasteiger partial charge is 0.338 e. The molecule has 0 bridgehead atoms. The van der Waals surface area contributed by atoms with E-state index in [1.807, 2.05) is 19.9 Å². The van der Waals surface area contributed by atoms with Crippen LogP contribution in [0.15, 0.2) is 47.4 Å². The second-order valence-corrected chi connectivity index (χ2v) is 8.44. The Bertz CT molecular complexity index is 993. The Labute approximate surface area is 158 Å². The minimum Gasteiger partial charge on any atom is -0.454 e. The van der Waals surface area contributed by atoms with Gasteiger partial charge in [0.1, 0.15) is 0 Å². The van der Waals surface area contributed by atoms with Crippen molar-refractivity contribution >= 4 is 21.8 Å². The molecule has 0 amide bonds. The molecule has 1 aliphatic rings. The van der Waals surface area contributed by atoms with Crippen LogP contribution in [-0.2, 0) is 14.8 Å². The number of nitrogens with one attached hydrogen (secondary N) is 1. The number of aryl methyl sites for hydroxylation is 2. The highest BCUT2D eigenvalue weighted by atomic mass is 32.2. The molecule has 0 atom stereocenters. The van der Waals surface area contributed by atoms with Crippen molar-refractivity contribution < 1.29 is 22.7 Å². The predicted molar refractivity (Wildman–Crippen MR) is 100 cm³/mol. The fourth-order valence-corrected chi connectivity index (χ4v) is 3.84. The monoisotopic (exact) mass is 387 g/mol. The largest absolute Gasteiger partial charge is 0.454 e. The van der Waals surface area contributed by atoms with Gasteiger partial charge in [0, 0.05) is 11.6 Å². The predicted octanol–water partition coefficient (Wildman–Crippen LogP) is 2.78. The van der Waals surface area contributed by atoms with E-state index in [1.165, 1.54) is 24.3 Å². The summed E-state index contributed by atoms with van der Waals surface area (Å²) in [6.07, 6.45) is 1.64. The van der Waals surface area contributed by atoms with Crippen LogP contribution >= 0.6 is 0 Å². The number of ether oxygens (including phenoxy) is 1. The van der Waals surface area contributed by atoms with Gasteiger partial charge in [0.05, 0.1) is 10.5 Å². The van der Waals surface area contributed by atoms with Gasteiger partial charge in [-0.05, 0) is 62.1 Å². The molecule has 0 saturated heterocycles. The van der Waals surface area contributed by atoms with Gasteiger partial charge in [-0.1, -0.05) is 18.2 Å². The highest BCUT2D eigenvalue weighted by Gasteiger charge is 2.28. The maximum Gasteiger partial charge on any atom is 0.338 e. The van der Waals surface area contributed by atoms with Crippen LogP contribution in [0.2, 0.25) is 0 Å². The Kier molecular flexibility index (Phi) is 5.43. The van der Waals surface area contributed by atoms with Crippen molar-refractivity contribution in [1.82, 2.24) is 4.72 Å². The molecule has 3 rings (SSSR count). The number of carbonyl (C=O) groups is 2. The van der Waals surface area contributed by atoms with Gasteiger partial charge < -0.3 is 4.74 Å². The van der Waals surface area contributed by atoms with Gasteiger partial charge in [0.25, 0.3) is 0 Å². The molecule has 1 saturated carbocycles. The molecule has 0 aliphatic heterocycles. The first kappa shape index (κ1) is 19.3. The quantitative estimate of drug-likeness (QED) is 0.583. The summed E-state index contributed by atoms with van der Waals surface area (Å²) in [7, 11) is -3.66. The summed E-state index contributed by atoms with van der Waals surface area (Å²) in [4.78, 5) is 24.4.